The molecule has 158 valence electrons. The molecule has 2 aromatic heterocycles. The molecule has 1 aliphatic rings. The molecular formula is C20H21Cl2N5O3. The van der Waals surface area contributed by atoms with E-state index in [-0.39, 0.29) is 30.7 Å². The van der Waals surface area contributed by atoms with Crippen LogP contribution in [0.1, 0.15) is 16.8 Å². The van der Waals surface area contributed by atoms with Crippen molar-refractivity contribution in [1.82, 2.24) is 15.0 Å². The van der Waals surface area contributed by atoms with Crippen LogP contribution in [0.15, 0.2) is 41.5 Å². The molecule has 0 spiro atoms. The summed E-state index contributed by atoms with van der Waals surface area (Å²) in [4.78, 5) is 15.7. The first-order valence-corrected chi connectivity index (χ1v) is 8.63. The summed E-state index contributed by atoms with van der Waals surface area (Å²) in [6, 6.07) is 9.45. The number of H-pyrrole nitrogens is 1. The Labute approximate surface area is 185 Å². The number of benzene rings is 1. The van der Waals surface area contributed by atoms with Gasteiger partial charge in [0.05, 0.1) is 14.2 Å². The van der Waals surface area contributed by atoms with Crippen molar-refractivity contribution in [3.63, 3.8) is 0 Å². The molecule has 0 amide bonds. The number of allylic oxidation sites excluding steroid dienone is 1. The topological polar surface area (TPSA) is 105 Å². The second-order valence-electron chi connectivity index (χ2n) is 6.10. The summed E-state index contributed by atoms with van der Waals surface area (Å²) >= 11 is 0. The zero-order chi connectivity index (χ0) is 19.5. The summed E-state index contributed by atoms with van der Waals surface area (Å²) in [5.74, 6) is 2.36. The van der Waals surface area contributed by atoms with Gasteiger partial charge < -0.3 is 24.9 Å². The second kappa shape index (κ2) is 10.00. The molecule has 1 aliphatic heterocycles. The molecule has 1 aromatic carbocycles. The second-order valence-corrected chi connectivity index (χ2v) is 6.10. The number of aromatic amines is 1. The van der Waals surface area contributed by atoms with Crippen LogP contribution >= 0.6 is 24.8 Å². The van der Waals surface area contributed by atoms with Crippen molar-refractivity contribution in [3.8, 4) is 17.4 Å². The van der Waals surface area contributed by atoms with Gasteiger partial charge in [0.15, 0.2) is 17.3 Å². The Morgan fingerprint density at radius 1 is 1.13 bits per heavy atom. The molecule has 4 rings (SSSR count). The van der Waals surface area contributed by atoms with Gasteiger partial charge in [-0.3, -0.25) is 0 Å². The van der Waals surface area contributed by atoms with Gasteiger partial charge in [-0.25, -0.2) is 9.98 Å². The minimum Gasteiger partial charge on any atom is -0.493 e. The van der Waals surface area contributed by atoms with E-state index in [0.717, 1.165) is 16.7 Å². The van der Waals surface area contributed by atoms with Gasteiger partial charge in [0, 0.05) is 30.1 Å². The lowest BCUT2D eigenvalue weighted by Gasteiger charge is -2.09. The van der Waals surface area contributed by atoms with E-state index in [1.54, 1.807) is 32.7 Å². The Morgan fingerprint density at radius 3 is 2.70 bits per heavy atom. The van der Waals surface area contributed by atoms with E-state index in [1.165, 1.54) is 0 Å². The van der Waals surface area contributed by atoms with Crippen LogP contribution in [0.25, 0.3) is 11.6 Å². The van der Waals surface area contributed by atoms with E-state index in [4.69, 9.17) is 9.47 Å². The van der Waals surface area contributed by atoms with Crippen molar-refractivity contribution < 1.29 is 14.6 Å². The first-order valence-electron chi connectivity index (χ1n) is 8.63. The molecule has 0 aliphatic carbocycles. The zero-order valence-corrected chi connectivity index (χ0v) is 17.9. The number of halogens is 2. The van der Waals surface area contributed by atoms with Crippen molar-refractivity contribution >= 4 is 54.4 Å². The number of nitrogens with one attached hydrogen (secondary N) is 2. The lowest BCUT2D eigenvalue weighted by molar-refractivity contribution is 0.354. The highest BCUT2D eigenvalue weighted by molar-refractivity contribution is 6.20. The molecule has 0 bridgehead atoms. The summed E-state index contributed by atoms with van der Waals surface area (Å²) in [5, 5.41) is 13.3. The largest absolute Gasteiger partial charge is 0.493 e. The molecular weight excluding hydrogens is 429 g/mol. The van der Waals surface area contributed by atoms with Crippen LogP contribution in [0.5, 0.6) is 17.4 Å². The molecule has 30 heavy (non-hydrogen) atoms. The normalized spacial score (nSPS) is 12.7. The average Bonchev–Trinajstić information content (AvgIpc) is 3.30. The third kappa shape index (κ3) is 4.67. The predicted octanol–water partition coefficient (Wildman–Crippen LogP) is 4.24. The van der Waals surface area contributed by atoms with Crippen molar-refractivity contribution in [1.29, 1.82) is 0 Å². The Morgan fingerprint density at radius 2 is 1.93 bits per heavy atom. The number of hydrogen-bond donors (Lipinski definition) is 3. The van der Waals surface area contributed by atoms with Gasteiger partial charge in [0.25, 0.3) is 0 Å². The van der Waals surface area contributed by atoms with Gasteiger partial charge in [-0.2, -0.15) is 4.98 Å². The Kier molecular flexibility index (Phi) is 7.68. The maximum absolute atomic E-state index is 10.2. The van der Waals surface area contributed by atoms with Crippen LogP contribution in [-0.4, -0.2) is 40.5 Å². The number of anilines is 1. The number of rotatable bonds is 6. The van der Waals surface area contributed by atoms with Gasteiger partial charge in [0.1, 0.15) is 5.69 Å². The smallest absolute Gasteiger partial charge is 0.238 e. The average molecular weight is 450 g/mol. The molecule has 0 atom stereocenters. The fourth-order valence-corrected chi connectivity index (χ4v) is 2.93. The number of aromatic nitrogens is 3. The van der Waals surface area contributed by atoms with Crippen LogP contribution in [-0.2, 0) is 6.54 Å². The summed E-state index contributed by atoms with van der Waals surface area (Å²) in [6.07, 6.45) is 5.21. The highest BCUT2D eigenvalue weighted by atomic mass is 35.5. The summed E-state index contributed by atoms with van der Waals surface area (Å²) < 4.78 is 10.6. The number of pyridine rings is 1. The summed E-state index contributed by atoms with van der Waals surface area (Å²) in [6.45, 7) is 0.498. The van der Waals surface area contributed by atoms with E-state index in [2.05, 4.69) is 25.3 Å². The number of imidazole rings is 1. The van der Waals surface area contributed by atoms with Gasteiger partial charge in [-0.15, -0.1) is 24.8 Å². The van der Waals surface area contributed by atoms with E-state index < -0.39 is 0 Å². The SMILES string of the molecule is COc1ccc(CNc2nc(O)c(C=C3C=Nc4ncccc43)[nH]2)cc1OC.Cl.Cl. The minimum atomic E-state index is -0.0898. The molecule has 3 aromatic rings. The monoisotopic (exact) mass is 449 g/mol. The highest BCUT2D eigenvalue weighted by Gasteiger charge is 2.15. The van der Waals surface area contributed by atoms with Crippen LogP contribution in [0, 0.1) is 0 Å². The van der Waals surface area contributed by atoms with Crippen molar-refractivity contribution in [2.75, 3.05) is 19.5 Å². The van der Waals surface area contributed by atoms with Crippen molar-refractivity contribution in [2.45, 2.75) is 6.54 Å². The number of methoxy groups -OCH3 is 2. The van der Waals surface area contributed by atoms with E-state index >= 15 is 0 Å². The van der Waals surface area contributed by atoms with Gasteiger partial charge in [0.2, 0.25) is 11.8 Å². The molecule has 0 fully saturated rings. The third-order valence-corrected chi connectivity index (χ3v) is 4.34. The maximum atomic E-state index is 10.2. The Hall–Kier alpha value is -3.23. The van der Waals surface area contributed by atoms with Crippen LogP contribution in [0.2, 0.25) is 0 Å². The standard InChI is InChI=1S/C20H19N5O3.2ClH/c1-27-16-6-5-12(8-17(16)28-2)10-23-20-24-15(19(26)25-20)9-13-11-22-18-14(13)4-3-7-21-18;;/h3-9,11,26H,10H2,1-2H3,(H2,23,24,25);2*1H. The van der Waals surface area contributed by atoms with Crippen molar-refractivity contribution in [3.05, 3.63) is 53.3 Å². The number of fused-ring (bicyclic) bond motifs is 1. The Balaban J connectivity index is 0.00000160. The van der Waals surface area contributed by atoms with E-state index in [9.17, 15) is 5.11 Å². The molecule has 0 radical (unpaired) electrons. The number of aromatic hydroxyl groups is 1. The molecule has 0 saturated heterocycles. The maximum Gasteiger partial charge on any atom is 0.238 e. The summed E-state index contributed by atoms with van der Waals surface area (Å²) in [7, 11) is 3.19. The first-order chi connectivity index (χ1) is 13.7. The first kappa shape index (κ1) is 23.1. The lowest BCUT2D eigenvalue weighted by atomic mass is 10.1. The van der Waals surface area contributed by atoms with Gasteiger partial charge >= 0.3 is 0 Å². The van der Waals surface area contributed by atoms with E-state index in [1.807, 2.05) is 30.3 Å². The molecule has 10 heteroatoms. The van der Waals surface area contributed by atoms with Crippen molar-refractivity contribution in [2.24, 2.45) is 4.99 Å². The fraction of sp³-hybridized carbons (Fsp3) is 0.150. The summed E-state index contributed by atoms with van der Waals surface area (Å²) in [5.41, 5.74) is 3.24. The number of hydrogen-bond acceptors (Lipinski definition) is 7. The zero-order valence-electron chi connectivity index (χ0n) is 16.2. The fourth-order valence-electron chi connectivity index (χ4n) is 2.93. The van der Waals surface area contributed by atoms with Crippen LogP contribution < -0.4 is 14.8 Å². The number of aliphatic imine (C=N–C) groups is 1. The quantitative estimate of drug-likeness (QED) is 0.519. The minimum absolute atomic E-state index is 0. The third-order valence-electron chi connectivity index (χ3n) is 4.34. The molecule has 3 heterocycles. The van der Waals surface area contributed by atoms with Gasteiger partial charge in [-0.05, 0) is 35.9 Å². The lowest BCUT2D eigenvalue weighted by Crippen LogP contribution is -2.01. The molecule has 0 saturated carbocycles. The molecule has 0 unspecified atom stereocenters. The molecule has 3 N–H and O–H groups in total. The molecule has 8 nitrogen and oxygen atoms in total. The highest BCUT2D eigenvalue weighted by Crippen LogP contribution is 2.32. The number of nitrogens with zero attached hydrogens (tertiary/aromatic N) is 3. The van der Waals surface area contributed by atoms with Gasteiger partial charge in [-0.1, -0.05) is 6.07 Å². The number of ether oxygens (including phenoxy) is 2. The van der Waals surface area contributed by atoms with E-state index in [0.29, 0.717) is 35.5 Å². The Bertz CT molecular complexity index is 1080. The predicted molar refractivity (Wildman–Crippen MR) is 122 cm³/mol. The van der Waals surface area contributed by atoms with Crippen LogP contribution in [0.4, 0.5) is 11.8 Å². The van der Waals surface area contributed by atoms with Crippen LogP contribution in [0.3, 0.4) is 0 Å².